The lowest BCUT2D eigenvalue weighted by Gasteiger charge is -2.15. The lowest BCUT2D eigenvalue weighted by Crippen LogP contribution is -2.39. The average Bonchev–Trinajstić information content (AvgIpc) is 2.83. The number of imide groups is 1. The summed E-state index contributed by atoms with van der Waals surface area (Å²) >= 11 is 5.97. The SMILES string of the molecule is Cc1ccc(N2C(=O)C[C@@H](NCCc3cccc(Cl)c3)C2=O)cc1. The van der Waals surface area contributed by atoms with Crippen LogP contribution >= 0.6 is 11.6 Å². The van der Waals surface area contributed by atoms with E-state index in [1.54, 1.807) is 12.1 Å². The van der Waals surface area contributed by atoms with Crippen molar-refractivity contribution in [2.24, 2.45) is 0 Å². The summed E-state index contributed by atoms with van der Waals surface area (Å²) in [6.45, 7) is 2.59. The van der Waals surface area contributed by atoms with Gasteiger partial charge in [-0.25, -0.2) is 4.90 Å². The lowest BCUT2D eigenvalue weighted by molar-refractivity contribution is -0.121. The highest BCUT2D eigenvalue weighted by Crippen LogP contribution is 2.23. The van der Waals surface area contributed by atoms with Gasteiger partial charge in [-0.05, 0) is 49.7 Å². The molecule has 0 saturated carbocycles. The first-order valence-electron chi connectivity index (χ1n) is 7.96. The standard InChI is InChI=1S/C19H19ClN2O2/c1-13-5-7-16(8-6-13)22-18(23)12-17(19(22)24)21-10-9-14-3-2-4-15(20)11-14/h2-8,11,17,21H,9-10,12H2,1H3/t17-/m1/s1. The highest BCUT2D eigenvalue weighted by atomic mass is 35.5. The van der Waals surface area contributed by atoms with E-state index in [4.69, 9.17) is 11.6 Å². The predicted octanol–water partition coefficient (Wildman–Crippen LogP) is 3.11. The van der Waals surface area contributed by atoms with E-state index in [1.807, 2.05) is 43.3 Å². The Hall–Kier alpha value is -2.17. The van der Waals surface area contributed by atoms with Gasteiger partial charge in [-0.1, -0.05) is 41.4 Å². The molecule has 2 aromatic carbocycles. The number of aryl methyl sites for hydroxylation is 1. The molecular formula is C19H19ClN2O2. The maximum absolute atomic E-state index is 12.5. The number of nitrogens with one attached hydrogen (secondary N) is 1. The molecule has 2 amide bonds. The third-order valence-corrected chi connectivity index (χ3v) is 4.37. The van der Waals surface area contributed by atoms with Crippen LogP contribution in [0.4, 0.5) is 5.69 Å². The topological polar surface area (TPSA) is 49.4 Å². The molecule has 0 aliphatic carbocycles. The molecule has 0 aromatic heterocycles. The molecular weight excluding hydrogens is 324 g/mol. The number of halogens is 1. The van der Waals surface area contributed by atoms with E-state index in [0.29, 0.717) is 17.3 Å². The molecule has 0 bridgehead atoms. The van der Waals surface area contributed by atoms with Crippen molar-refractivity contribution in [2.45, 2.75) is 25.8 Å². The molecule has 1 atom stereocenters. The molecule has 1 saturated heterocycles. The average molecular weight is 343 g/mol. The van der Waals surface area contributed by atoms with Gasteiger partial charge in [0.2, 0.25) is 5.91 Å². The van der Waals surface area contributed by atoms with Gasteiger partial charge in [0.1, 0.15) is 0 Å². The van der Waals surface area contributed by atoms with Crippen molar-refractivity contribution in [2.75, 3.05) is 11.4 Å². The van der Waals surface area contributed by atoms with E-state index in [9.17, 15) is 9.59 Å². The van der Waals surface area contributed by atoms with Crippen LogP contribution in [0.2, 0.25) is 5.02 Å². The maximum Gasteiger partial charge on any atom is 0.251 e. The smallest absolute Gasteiger partial charge is 0.251 e. The molecule has 5 heteroatoms. The molecule has 0 radical (unpaired) electrons. The number of hydrogen-bond donors (Lipinski definition) is 1. The van der Waals surface area contributed by atoms with Crippen molar-refractivity contribution in [1.82, 2.24) is 5.32 Å². The summed E-state index contributed by atoms with van der Waals surface area (Å²) in [5, 5.41) is 3.88. The first-order valence-corrected chi connectivity index (χ1v) is 8.34. The van der Waals surface area contributed by atoms with Crippen molar-refractivity contribution in [3.8, 4) is 0 Å². The van der Waals surface area contributed by atoms with Crippen LogP contribution < -0.4 is 10.2 Å². The van der Waals surface area contributed by atoms with E-state index >= 15 is 0 Å². The Bertz CT molecular complexity index is 758. The summed E-state index contributed by atoms with van der Waals surface area (Å²) in [7, 11) is 0. The van der Waals surface area contributed by atoms with E-state index in [-0.39, 0.29) is 18.2 Å². The van der Waals surface area contributed by atoms with E-state index in [1.165, 1.54) is 4.90 Å². The van der Waals surface area contributed by atoms with Gasteiger partial charge >= 0.3 is 0 Å². The zero-order valence-corrected chi connectivity index (χ0v) is 14.2. The number of hydrogen-bond acceptors (Lipinski definition) is 3. The zero-order valence-electron chi connectivity index (χ0n) is 13.5. The van der Waals surface area contributed by atoms with Gasteiger partial charge in [0.15, 0.2) is 0 Å². The van der Waals surface area contributed by atoms with Crippen molar-refractivity contribution in [3.63, 3.8) is 0 Å². The molecule has 124 valence electrons. The Labute approximate surface area is 146 Å². The first kappa shape index (κ1) is 16.7. The van der Waals surface area contributed by atoms with Gasteiger partial charge in [0, 0.05) is 5.02 Å². The second kappa shape index (κ2) is 7.16. The van der Waals surface area contributed by atoms with Gasteiger partial charge in [-0.3, -0.25) is 9.59 Å². The second-order valence-electron chi connectivity index (χ2n) is 5.99. The number of nitrogens with zero attached hydrogens (tertiary/aromatic N) is 1. The van der Waals surface area contributed by atoms with Gasteiger partial charge in [-0.2, -0.15) is 0 Å². The highest BCUT2D eigenvalue weighted by Gasteiger charge is 2.39. The molecule has 0 unspecified atom stereocenters. The molecule has 1 aliphatic heterocycles. The lowest BCUT2D eigenvalue weighted by atomic mass is 10.1. The van der Waals surface area contributed by atoms with Gasteiger partial charge in [0.25, 0.3) is 5.91 Å². The fourth-order valence-electron chi connectivity index (χ4n) is 2.84. The summed E-state index contributed by atoms with van der Waals surface area (Å²) in [5.41, 5.74) is 2.82. The van der Waals surface area contributed by atoms with Crippen molar-refractivity contribution in [3.05, 3.63) is 64.7 Å². The number of carbonyl (C=O) groups excluding carboxylic acids is 2. The Balaban J connectivity index is 1.60. The van der Waals surface area contributed by atoms with Crippen LogP contribution in [0.1, 0.15) is 17.5 Å². The highest BCUT2D eigenvalue weighted by molar-refractivity contribution is 6.30. The Kier molecular flexibility index (Phi) is 4.97. The van der Waals surface area contributed by atoms with Crippen LogP contribution in [-0.2, 0) is 16.0 Å². The summed E-state index contributed by atoms with van der Waals surface area (Å²) in [6.07, 6.45) is 0.950. The van der Waals surface area contributed by atoms with E-state index in [0.717, 1.165) is 17.5 Å². The molecule has 4 nitrogen and oxygen atoms in total. The monoisotopic (exact) mass is 342 g/mol. The number of anilines is 1. The Morgan fingerprint density at radius 1 is 1.17 bits per heavy atom. The number of benzene rings is 2. The summed E-state index contributed by atoms with van der Waals surface area (Å²) in [6, 6.07) is 14.6. The normalized spacial score (nSPS) is 17.6. The molecule has 2 aromatic rings. The molecule has 1 N–H and O–H groups in total. The van der Waals surface area contributed by atoms with Crippen molar-refractivity contribution in [1.29, 1.82) is 0 Å². The second-order valence-corrected chi connectivity index (χ2v) is 6.43. The maximum atomic E-state index is 12.5. The van der Waals surface area contributed by atoms with Crippen LogP contribution in [0.3, 0.4) is 0 Å². The van der Waals surface area contributed by atoms with Crippen molar-refractivity contribution < 1.29 is 9.59 Å². The molecule has 0 spiro atoms. The van der Waals surface area contributed by atoms with Crippen LogP contribution in [0.25, 0.3) is 0 Å². The Morgan fingerprint density at radius 2 is 1.92 bits per heavy atom. The zero-order chi connectivity index (χ0) is 17.1. The summed E-state index contributed by atoms with van der Waals surface area (Å²) in [4.78, 5) is 26.0. The van der Waals surface area contributed by atoms with Crippen LogP contribution in [0.5, 0.6) is 0 Å². The molecule has 1 fully saturated rings. The fourth-order valence-corrected chi connectivity index (χ4v) is 3.05. The minimum Gasteiger partial charge on any atom is -0.305 e. The van der Waals surface area contributed by atoms with Gasteiger partial charge < -0.3 is 5.32 Å². The van der Waals surface area contributed by atoms with Crippen LogP contribution in [0.15, 0.2) is 48.5 Å². The fraction of sp³-hybridized carbons (Fsp3) is 0.263. The summed E-state index contributed by atoms with van der Waals surface area (Å²) in [5.74, 6) is -0.348. The van der Waals surface area contributed by atoms with Gasteiger partial charge in [0.05, 0.1) is 18.2 Å². The van der Waals surface area contributed by atoms with E-state index in [2.05, 4.69) is 5.32 Å². The van der Waals surface area contributed by atoms with Crippen LogP contribution in [-0.4, -0.2) is 24.4 Å². The number of carbonyl (C=O) groups is 2. The quantitative estimate of drug-likeness (QED) is 0.849. The number of amides is 2. The molecule has 3 rings (SSSR count). The predicted molar refractivity (Wildman–Crippen MR) is 95.2 cm³/mol. The minimum atomic E-state index is -0.460. The first-order chi connectivity index (χ1) is 11.5. The minimum absolute atomic E-state index is 0.163. The third kappa shape index (κ3) is 3.66. The van der Waals surface area contributed by atoms with E-state index < -0.39 is 6.04 Å². The van der Waals surface area contributed by atoms with Crippen molar-refractivity contribution >= 4 is 29.1 Å². The van der Waals surface area contributed by atoms with Gasteiger partial charge in [-0.15, -0.1) is 0 Å². The molecule has 24 heavy (non-hydrogen) atoms. The molecule has 1 heterocycles. The summed E-state index contributed by atoms with van der Waals surface area (Å²) < 4.78 is 0. The Morgan fingerprint density at radius 3 is 2.62 bits per heavy atom. The van der Waals surface area contributed by atoms with Crippen LogP contribution in [0, 0.1) is 6.92 Å². The number of rotatable bonds is 5. The largest absolute Gasteiger partial charge is 0.305 e. The molecule has 1 aliphatic rings. The third-order valence-electron chi connectivity index (χ3n) is 4.13.